The Bertz CT molecular complexity index is 730. The largest absolute Gasteiger partial charge is 0.309 e. The highest BCUT2D eigenvalue weighted by molar-refractivity contribution is 7.09. The second kappa shape index (κ2) is 6.33. The van der Waals surface area contributed by atoms with Gasteiger partial charge in [-0.25, -0.2) is 4.98 Å². The van der Waals surface area contributed by atoms with E-state index < -0.39 is 0 Å². The second-order valence-electron chi connectivity index (χ2n) is 5.10. The number of rotatable bonds is 5. The van der Waals surface area contributed by atoms with Gasteiger partial charge in [0.05, 0.1) is 16.7 Å². The molecule has 2 heterocycles. The highest BCUT2D eigenvalue weighted by Gasteiger charge is 2.17. The number of aromatic nitrogens is 2. The summed E-state index contributed by atoms with van der Waals surface area (Å²) in [6, 6.07) is 10.8. The van der Waals surface area contributed by atoms with Gasteiger partial charge in [0.25, 0.3) is 0 Å². The van der Waals surface area contributed by atoms with Crippen LogP contribution in [0.3, 0.4) is 0 Å². The molecule has 21 heavy (non-hydrogen) atoms. The number of nitrogens with one attached hydrogen (secondary N) is 1. The number of benzene rings is 1. The van der Waals surface area contributed by atoms with Gasteiger partial charge in [-0.2, -0.15) is 0 Å². The summed E-state index contributed by atoms with van der Waals surface area (Å²) < 4.78 is 0. The molecule has 108 valence electrons. The maximum Gasteiger partial charge on any atom is 0.0798 e. The van der Waals surface area contributed by atoms with E-state index in [-0.39, 0.29) is 0 Å². The van der Waals surface area contributed by atoms with Crippen LogP contribution in [0.4, 0.5) is 0 Å². The molecule has 1 aromatic carbocycles. The number of thiazole rings is 1. The molecule has 4 heteroatoms. The van der Waals surface area contributed by atoms with Gasteiger partial charge in [0.2, 0.25) is 0 Å². The molecule has 0 radical (unpaired) electrons. The van der Waals surface area contributed by atoms with Gasteiger partial charge in [0.15, 0.2) is 0 Å². The van der Waals surface area contributed by atoms with E-state index in [4.69, 9.17) is 0 Å². The number of hydrogen-bond acceptors (Lipinski definition) is 4. The molecule has 1 N–H and O–H groups in total. The molecular weight excluding hydrogens is 278 g/mol. The van der Waals surface area contributed by atoms with Crippen molar-refractivity contribution < 1.29 is 0 Å². The van der Waals surface area contributed by atoms with Gasteiger partial charge >= 0.3 is 0 Å². The summed E-state index contributed by atoms with van der Waals surface area (Å²) in [5, 5.41) is 4.83. The van der Waals surface area contributed by atoms with Crippen LogP contribution < -0.4 is 5.32 Å². The van der Waals surface area contributed by atoms with Crippen LogP contribution in [0.25, 0.3) is 10.9 Å². The second-order valence-corrected chi connectivity index (χ2v) is 5.99. The minimum absolute atomic E-state index is 0.313. The van der Waals surface area contributed by atoms with E-state index in [9.17, 15) is 0 Å². The molecule has 0 spiro atoms. The molecule has 1 atom stereocenters. The lowest BCUT2D eigenvalue weighted by molar-refractivity contribution is 0.556. The van der Waals surface area contributed by atoms with Crippen LogP contribution in [0.15, 0.2) is 42.0 Å². The van der Waals surface area contributed by atoms with Crippen molar-refractivity contribution in [2.45, 2.75) is 26.3 Å². The van der Waals surface area contributed by atoms with Crippen molar-refractivity contribution in [2.24, 2.45) is 0 Å². The van der Waals surface area contributed by atoms with Crippen LogP contribution in [0.1, 0.15) is 29.1 Å². The Labute approximate surface area is 129 Å². The predicted molar refractivity (Wildman–Crippen MR) is 88.7 cm³/mol. The van der Waals surface area contributed by atoms with E-state index in [0.717, 1.165) is 24.2 Å². The molecule has 0 saturated carbocycles. The smallest absolute Gasteiger partial charge is 0.0798 e. The van der Waals surface area contributed by atoms with Crippen molar-refractivity contribution in [3.8, 4) is 0 Å². The van der Waals surface area contributed by atoms with Crippen molar-refractivity contribution >= 4 is 22.2 Å². The Hall–Kier alpha value is -1.78. The maximum absolute atomic E-state index is 4.45. The summed E-state index contributed by atoms with van der Waals surface area (Å²) in [4.78, 5) is 10.2. The van der Waals surface area contributed by atoms with E-state index >= 15 is 0 Å². The first-order valence-electron chi connectivity index (χ1n) is 7.25. The third-order valence-corrected chi connectivity index (χ3v) is 4.76. The monoisotopic (exact) mass is 297 g/mol. The molecular formula is C17H19N3S. The molecule has 3 aromatic rings. The SMILES string of the molecule is CCNC(Cc1ccnc2ccccc12)c1scnc1C. The zero-order valence-corrected chi connectivity index (χ0v) is 13.2. The molecule has 3 nitrogen and oxygen atoms in total. The third-order valence-electron chi connectivity index (χ3n) is 3.71. The molecule has 2 aromatic heterocycles. The van der Waals surface area contributed by atoms with Crippen molar-refractivity contribution in [2.75, 3.05) is 6.54 Å². The Morgan fingerprint density at radius 3 is 2.81 bits per heavy atom. The number of hydrogen-bond donors (Lipinski definition) is 1. The molecule has 0 bridgehead atoms. The standard InChI is InChI=1S/C17H19N3S/c1-3-18-16(17-12(2)20-11-21-17)10-13-8-9-19-15-7-5-4-6-14(13)15/h4-9,11,16,18H,3,10H2,1-2H3. The lowest BCUT2D eigenvalue weighted by Crippen LogP contribution is -2.23. The van der Waals surface area contributed by atoms with Crippen molar-refractivity contribution in [3.05, 3.63) is 58.2 Å². The van der Waals surface area contributed by atoms with Crippen LogP contribution >= 0.6 is 11.3 Å². The number of fused-ring (bicyclic) bond motifs is 1. The van der Waals surface area contributed by atoms with Crippen LogP contribution in [0, 0.1) is 6.92 Å². The first-order chi connectivity index (χ1) is 10.3. The van der Waals surface area contributed by atoms with Crippen molar-refractivity contribution in [1.29, 1.82) is 0 Å². The molecule has 0 aliphatic heterocycles. The Kier molecular flexibility index (Phi) is 4.27. The van der Waals surface area contributed by atoms with Gasteiger partial charge in [-0.15, -0.1) is 11.3 Å². The molecule has 0 aliphatic rings. The summed E-state index contributed by atoms with van der Waals surface area (Å²) >= 11 is 1.73. The van der Waals surface area contributed by atoms with Crippen molar-refractivity contribution in [3.63, 3.8) is 0 Å². The predicted octanol–water partition coefficient (Wildman–Crippen LogP) is 3.89. The lowest BCUT2D eigenvalue weighted by atomic mass is 10.0. The maximum atomic E-state index is 4.45. The quantitative estimate of drug-likeness (QED) is 0.776. The summed E-state index contributed by atoms with van der Waals surface area (Å²) in [5.41, 5.74) is 5.45. The summed E-state index contributed by atoms with van der Waals surface area (Å²) in [6.07, 6.45) is 2.86. The van der Waals surface area contributed by atoms with Gasteiger partial charge in [0, 0.05) is 22.5 Å². The summed E-state index contributed by atoms with van der Waals surface area (Å²) in [6.45, 7) is 5.18. The molecule has 0 amide bonds. The van der Waals surface area contributed by atoms with E-state index in [1.54, 1.807) is 11.3 Å². The Morgan fingerprint density at radius 1 is 1.19 bits per heavy atom. The zero-order chi connectivity index (χ0) is 14.7. The lowest BCUT2D eigenvalue weighted by Gasteiger charge is -2.18. The summed E-state index contributed by atoms with van der Waals surface area (Å²) in [5.74, 6) is 0. The van der Waals surface area contributed by atoms with Gasteiger partial charge < -0.3 is 5.32 Å². The number of aryl methyl sites for hydroxylation is 1. The van der Waals surface area contributed by atoms with Crippen LogP contribution in [-0.2, 0) is 6.42 Å². The van der Waals surface area contributed by atoms with E-state index in [1.165, 1.54) is 15.8 Å². The highest BCUT2D eigenvalue weighted by Crippen LogP contribution is 2.27. The number of nitrogens with zero attached hydrogens (tertiary/aromatic N) is 2. The van der Waals surface area contributed by atoms with Gasteiger partial charge in [0.1, 0.15) is 0 Å². The normalized spacial score (nSPS) is 12.7. The average Bonchev–Trinajstić information content (AvgIpc) is 2.93. The van der Waals surface area contributed by atoms with E-state index in [2.05, 4.69) is 53.4 Å². The van der Waals surface area contributed by atoms with E-state index in [1.807, 2.05) is 17.8 Å². The van der Waals surface area contributed by atoms with Gasteiger partial charge in [-0.1, -0.05) is 25.1 Å². The molecule has 3 rings (SSSR count). The van der Waals surface area contributed by atoms with Crippen LogP contribution in [-0.4, -0.2) is 16.5 Å². The fourth-order valence-electron chi connectivity index (χ4n) is 2.70. The first-order valence-corrected chi connectivity index (χ1v) is 8.13. The van der Waals surface area contributed by atoms with Crippen molar-refractivity contribution in [1.82, 2.24) is 15.3 Å². The molecule has 1 unspecified atom stereocenters. The van der Waals surface area contributed by atoms with Gasteiger partial charge in [-0.05, 0) is 37.6 Å². The van der Waals surface area contributed by atoms with E-state index in [0.29, 0.717) is 6.04 Å². The van der Waals surface area contributed by atoms with Gasteiger partial charge in [-0.3, -0.25) is 4.98 Å². The third kappa shape index (κ3) is 2.96. The molecule has 0 aliphatic carbocycles. The number of para-hydroxylation sites is 1. The van der Waals surface area contributed by atoms with Crippen LogP contribution in [0.5, 0.6) is 0 Å². The summed E-state index contributed by atoms with van der Waals surface area (Å²) in [7, 11) is 0. The molecule has 0 fully saturated rings. The first kappa shape index (κ1) is 14.2. The zero-order valence-electron chi connectivity index (χ0n) is 12.3. The number of pyridine rings is 1. The highest BCUT2D eigenvalue weighted by atomic mass is 32.1. The molecule has 0 saturated heterocycles. The minimum atomic E-state index is 0.313. The Balaban J connectivity index is 1.97. The number of likely N-dealkylation sites (N-methyl/N-ethyl adjacent to an activating group) is 1. The van der Waals surface area contributed by atoms with Crippen LogP contribution in [0.2, 0.25) is 0 Å². The topological polar surface area (TPSA) is 37.8 Å². The minimum Gasteiger partial charge on any atom is -0.309 e. The fourth-order valence-corrected chi connectivity index (χ4v) is 3.58. The fraction of sp³-hybridized carbons (Fsp3) is 0.294. The Morgan fingerprint density at radius 2 is 2.05 bits per heavy atom. The average molecular weight is 297 g/mol.